The number of rotatable bonds is 4. The summed E-state index contributed by atoms with van der Waals surface area (Å²) in [6.07, 6.45) is 4.18. The van der Waals surface area contributed by atoms with Crippen molar-refractivity contribution in [2.45, 2.75) is 19.8 Å². The van der Waals surface area contributed by atoms with Gasteiger partial charge in [0, 0.05) is 12.6 Å². The zero-order valence-electron chi connectivity index (χ0n) is 7.53. The summed E-state index contributed by atoms with van der Waals surface area (Å²) in [5, 5.41) is 0.506. The molecule has 0 N–H and O–H groups in total. The fourth-order valence-corrected chi connectivity index (χ4v) is 1.29. The molecular weight excluding hydrogens is 186 g/mol. The lowest BCUT2D eigenvalue weighted by Crippen LogP contribution is -2.00. The number of aldehydes is 1. The Morgan fingerprint density at radius 2 is 2.38 bits per heavy atom. The van der Waals surface area contributed by atoms with E-state index in [1.807, 2.05) is 13.0 Å². The summed E-state index contributed by atoms with van der Waals surface area (Å²) >= 11 is 5.64. The maximum atomic E-state index is 10.2. The van der Waals surface area contributed by atoms with Crippen LogP contribution in [-0.4, -0.2) is 11.3 Å². The quantitative estimate of drug-likeness (QED) is 0.549. The monoisotopic (exact) mass is 197 g/mol. The molecule has 70 valence electrons. The molecule has 1 heterocycles. The molecule has 1 aromatic rings. The molecule has 3 heteroatoms. The number of carbonyl (C=O) groups excluding carboxylic acids is 1. The predicted octanol–water partition coefficient (Wildman–Crippen LogP) is 2.50. The van der Waals surface area contributed by atoms with Crippen LogP contribution in [0.5, 0.6) is 0 Å². The minimum absolute atomic E-state index is 0.375. The van der Waals surface area contributed by atoms with Crippen molar-refractivity contribution in [2.75, 3.05) is 0 Å². The Balaban J connectivity index is 2.53. The van der Waals surface area contributed by atoms with E-state index in [0.29, 0.717) is 17.5 Å². The van der Waals surface area contributed by atoms with E-state index in [2.05, 4.69) is 4.98 Å². The highest BCUT2D eigenvalue weighted by Crippen LogP contribution is 2.11. The van der Waals surface area contributed by atoms with Crippen LogP contribution in [0.1, 0.15) is 18.9 Å². The molecule has 0 aromatic carbocycles. The molecule has 0 aliphatic rings. The first-order valence-corrected chi connectivity index (χ1v) is 4.64. The van der Waals surface area contributed by atoms with Crippen LogP contribution in [0, 0.1) is 5.92 Å². The van der Waals surface area contributed by atoms with E-state index < -0.39 is 0 Å². The van der Waals surface area contributed by atoms with Crippen molar-refractivity contribution < 1.29 is 4.79 Å². The molecule has 0 aliphatic heterocycles. The number of aromatic nitrogens is 1. The zero-order valence-corrected chi connectivity index (χ0v) is 8.29. The molecule has 1 rings (SSSR count). The Bertz CT molecular complexity index is 271. The molecule has 0 aliphatic carbocycles. The van der Waals surface area contributed by atoms with E-state index in [9.17, 15) is 4.79 Å². The Morgan fingerprint density at radius 3 is 2.92 bits per heavy atom. The minimum atomic E-state index is 0.375. The van der Waals surface area contributed by atoms with Gasteiger partial charge in [-0.1, -0.05) is 24.6 Å². The molecule has 0 saturated carbocycles. The van der Waals surface area contributed by atoms with E-state index in [1.54, 1.807) is 12.3 Å². The van der Waals surface area contributed by atoms with Crippen molar-refractivity contribution in [2.24, 2.45) is 5.92 Å². The normalized spacial score (nSPS) is 12.5. The smallest absolute Gasteiger partial charge is 0.129 e. The molecule has 0 fully saturated rings. The van der Waals surface area contributed by atoms with Crippen molar-refractivity contribution in [3.05, 3.63) is 29.0 Å². The first-order chi connectivity index (χ1) is 6.22. The van der Waals surface area contributed by atoms with Crippen LogP contribution in [0.4, 0.5) is 0 Å². The van der Waals surface area contributed by atoms with Gasteiger partial charge in [-0.15, -0.1) is 0 Å². The fraction of sp³-hybridized carbons (Fsp3) is 0.400. The summed E-state index contributed by atoms with van der Waals surface area (Å²) in [6, 6.07) is 3.71. The van der Waals surface area contributed by atoms with Gasteiger partial charge in [0.15, 0.2) is 0 Å². The predicted molar refractivity (Wildman–Crippen MR) is 52.8 cm³/mol. The highest BCUT2D eigenvalue weighted by Gasteiger charge is 2.02. The largest absolute Gasteiger partial charge is 0.303 e. The van der Waals surface area contributed by atoms with E-state index in [-0.39, 0.29) is 0 Å². The summed E-state index contributed by atoms with van der Waals surface area (Å²) in [4.78, 5) is 14.2. The molecule has 1 aromatic heterocycles. The van der Waals surface area contributed by atoms with Gasteiger partial charge in [-0.2, -0.15) is 0 Å². The number of pyridine rings is 1. The maximum absolute atomic E-state index is 10.2. The molecule has 0 unspecified atom stereocenters. The minimum Gasteiger partial charge on any atom is -0.303 e. The average Bonchev–Trinajstić information content (AvgIpc) is 2.09. The van der Waals surface area contributed by atoms with Crippen molar-refractivity contribution in [3.8, 4) is 0 Å². The van der Waals surface area contributed by atoms with E-state index in [0.717, 1.165) is 18.3 Å². The number of halogens is 1. The van der Waals surface area contributed by atoms with E-state index in [1.165, 1.54) is 0 Å². The number of carbonyl (C=O) groups is 1. The fourth-order valence-electron chi connectivity index (χ4n) is 1.18. The SMILES string of the molecule is C[C@H](CC=O)Cc1ccc(Cl)nc1. The third kappa shape index (κ3) is 3.55. The van der Waals surface area contributed by atoms with Crippen LogP contribution in [0.3, 0.4) is 0 Å². The summed E-state index contributed by atoms with van der Waals surface area (Å²) in [5.74, 6) is 0.375. The third-order valence-corrected chi connectivity index (χ3v) is 2.09. The van der Waals surface area contributed by atoms with Crippen molar-refractivity contribution >= 4 is 17.9 Å². The van der Waals surface area contributed by atoms with Gasteiger partial charge in [0.1, 0.15) is 11.4 Å². The van der Waals surface area contributed by atoms with Crippen molar-refractivity contribution in [3.63, 3.8) is 0 Å². The maximum Gasteiger partial charge on any atom is 0.129 e. The second-order valence-electron chi connectivity index (χ2n) is 3.20. The van der Waals surface area contributed by atoms with Crippen LogP contribution in [0.25, 0.3) is 0 Å². The standard InChI is InChI=1S/C10H12ClNO/c1-8(4-5-13)6-9-2-3-10(11)12-7-9/h2-3,5,7-8H,4,6H2,1H3/t8-/m1/s1. The molecule has 1 atom stereocenters. The summed E-state index contributed by atoms with van der Waals surface area (Å²) < 4.78 is 0. The van der Waals surface area contributed by atoms with E-state index in [4.69, 9.17) is 11.6 Å². The van der Waals surface area contributed by atoms with Crippen molar-refractivity contribution in [1.82, 2.24) is 4.98 Å². The lowest BCUT2D eigenvalue weighted by Gasteiger charge is -2.06. The van der Waals surface area contributed by atoms with Gasteiger partial charge in [0.05, 0.1) is 0 Å². The Labute approximate surface area is 82.9 Å². The number of hydrogen-bond acceptors (Lipinski definition) is 2. The summed E-state index contributed by atoms with van der Waals surface area (Å²) in [6.45, 7) is 2.04. The van der Waals surface area contributed by atoms with Crippen LogP contribution in [-0.2, 0) is 11.2 Å². The lowest BCUT2D eigenvalue weighted by molar-refractivity contribution is -0.108. The third-order valence-electron chi connectivity index (χ3n) is 1.87. The van der Waals surface area contributed by atoms with Gasteiger partial charge in [-0.05, 0) is 24.0 Å². The molecule has 0 radical (unpaired) electrons. The number of hydrogen-bond donors (Lipinski definition) is 0. The first-order valence-electron chi connectivity index (χ1n) is 4.26. The first kappa shape index (κ1) is 10.2. The van der Waals surface area contributed by atoms with Crippen LogP contribution < -0.4 is 0 Å². The van der Waals surface area contributed by atoms with Crippen LogP contribution >= 0.6 is 11.6 Å². The van der Waals surface area contributed by atoms with Gasteiger partial charge in [-0.25, -0.2) is 4.98 Å². The molecule has 0 bridgehead atoms. The molecular formula is C10H12ClNO. The summed E-state index contributed by atoms with van der Waals surface area (Å²) in [7, 11) is 0. The molecule has 0 saturated heterocycles. The zero-order chi connectivity index (χ0) is 9.68. The van der Waals surface area contributed by atoms with E-state index >= 15 is 0 Å². The molecule has 0 amide bonds. The molecule has 0 spiro atoms. The Hall–Kier alpha value is -0.890. The number of nitrogens with zero attached hydrogens (tertiary/aromatic N) is 1. The van der Waals surface area contributed by atoms with Crippen molar-refractivity contribution in [1.29, 1.82) is 0 Å². The second-order valence-corrected chi connectivity index (χ2v) is 3.59. The molecule has 13 heavy (non-hydrogen) atoms. The van der Waals surface area contributed by atoms with Gasteiger partial charge < -0.3 is 4.79 Å². The van der Waals surface area contributed by atoms with Crippen LogP contribution in [0.15, 0.2) is 18.3 Å². The topological polar surface area (TPSA) is 30.0 Å². The Kier molecular flexibility index (Phi) is 3.90. The van der Waals surface area contributed by atoms with Crippen LogP contribution in [0.2, 0.25) is 5.15 Å². The Morgan fingerprint density at radius 1 is 1.62 bits per heavy atom. The second kappa shape index (κ2) is 4.97. The lowest BCUT2D eigenvalue weighted by atomic mass is 10.0. The van der Waals surface area contributed by atoms with Gasteiger partial charge in [0.25, 0.3) is 0 Å². The summed E-state index contributed by atoms with van der Waals surface area (Å²) in [5.41, 5.74) is 1.12. The van der Waals surface area contributed by atoms with Gasteiger partial charge in [0.2, 0.25) is 0 Å². The highest BCUT2D eigenvalue weighted by atomic mass is 35.5. The van der Waals surface area contributed by atoms with Gasteiger partial charge in [-0.3, -0.25) is 0 Å². The van der Waals surface area contributed by atoms with Gasteiger partial charge >= 0.3 is 0 Å². The molecule has 2 nitrogen and oxygen atoms in total. The average molecular weight is 198 g/mol. The highest BCUT2D eigenvalue weighted by molar-refractivity contribution is 6.29.